The molecular formula is C14H21N3O. The molecule has 2 rings (SSSR count). The SMILES string of the molecule is N=C(N)c1ccccc1N1CCCCCC1CO. The number of nitrogens with one attached hydrogen (secondary N) is 1. The first kappa shape index (κ1) is 12.9. The van der Waals surface area contributed by atoms with Crippen molar-refractivity contribution in [3.63, 3.8) is 0 Å². The molecule has 0 aromatic heterocycles. The normalized spacial score (nSPS) is 20.5. The van der Waals surface area contributed by atoms with Gasteiger partial charge in [0.1, 0.15) is 5.84 Å². The molecule has 0 bridgehead atoms. The Hall–Kier alpha value is -1.55. The largest absolute Gasteiger partial charge is 0.394 e. The lowest BCUT2D eigenvalue weighted by atomic mass is 10.1. The van der Waals surface area contributed by atoms with Gasteiger partial charge in [-0.2, -0.15) is 0 Å². The van der Waals surface area contributed by atoms with Gasteiger partial charge in [0.2, 0.25) is 0 Å². The molecule has 1 aliphatic heterocycles. The summed E-state index contributed by atoms with van der Waals surface area (Å²) in [5.41, 5.74) is 7.38. The van der Waals surface area contributed by atoms with Crippen LogP contribution in [0.25, 0.3) is 0 Å². The number of aliphatic hydroxyl groups is 1. The second-order valence-corrected chi connectivity index (χ2v) is 4.81. The number of rotatable bonds is 3. The summed E-state index contributed by atoms with van der Waals surface area (Å²) in [6, 6.07) is 7.86. The van der Waals surface area contributed by atoms with E-state index in [1.165, 1.54) is 6.42 Å². The average molecular weight is 247 g/mol. The maximum atomic E-state index is 9.55. The van der Waals surface area contributed by atoms with Crippen molar-refractivity contribution in [1.82, 2.24) is 0 Å². The van der Waals surface area contributed by atoms with E-state index in [0.29, 0.717) is 0 Å². The van der Waals surface area contributed by atoms with Gasteiger partial charge in [-0.25, -0.2) is 0 Å². The monoisotopic (exact) mass is 247 g/mol. The van der Waals surface area contributed by atoms with E-state index in [-0.39, 0.29) is 18.5 Å². The van der Waals surface area contributed by atoms with E-state index in [1.54, 1.807) is 0 Å². The van der Waals surface area contributed by atoms with E-state index in [0.717, 1.165) is 37.1 Å². The lowest BCUT2D eigenvalue weighted by molar-refractivity contribution is 0.255. The number of nitrogens with zero attached hydrogens (tertiary/aromatic N) is 1. The van der Waals surface area contributed by atoms with Gasteiger partial charge in [0.05, 0.1) is 12.6 Å². The van der Waals surface area contributed by atoms with E-state index in [2.05, 4.69) is 4.90 Å². The standard InChI is InChI=1S/C14H21N3O/c15-14(16)12-7-3-4-8-13(12)17-9-5-1-2-6-11(17)10-18/h3-4,7-8,11,18H,1-2,5-6,9-10H2,(H3,15,16). The highest BCUT2D eigenvalue weighted by molar-refractivity contribution is 6.00. The summed E-state index contributed by atoms with van der Waals surface area (Å²) in [6.07, 6.45) is 4.49. The molecule has 18 heavy (non-hydrogen) atoms. The Morgan fingerprint density at radius 3 is 2.83 bits per heavy atom. The summed E-state index contributed by atoms with van der Waals surface area (Å²) in [4.78, 5) is 2.21. The highest BCUT2D eigenvalue weighted by Crippen LogP contribution is 2.27. The fraction of sp³-hybridized carbons (Fsp3) is 0.500. The van der Waals surface area contributed by atoms with Crippen LogP contribution in [-0.2, 0) is 0 Å². The van der Waals surface area contributed by atoms with Crippen LogP contribution in [0, 0.1) is 5.41 Å². The zero-order valence-electron chi connectivity index (χ0n) is 10.6. The topological polar surface area (TPSA) is 73.3 Å². The number of nitrogens with two attached hydrogens (primary N) is 1. The Kier molecular flexibility index (Phi) is 4.20. The second-order valence-electron chi connectivity index (χ2n) is 4.81. The van der Waals surface area contributed by atoms with Crippen molar-refractivity contribution in [2.45, 2.75) is 31.7 Å². The third kappa shape index (κ3) is 2.64. The molecule has 0 aliphatic carbocycles. The van der Waals surface area contributed by atoms with Gasteiger partial charge in [-0.05, 0) is 25.0 Å². The predicted molar refractivity (Wildman–Crippen MR) is 74.1 cm³/mol. The number of amidine groups is 1. The molecular weight excluding hydrogens is 226 g/mol. The molecule has 1 atom stereocenters. The van der Waals surface area contributed by atoms with Gasteiger partial charge < -0.3 is 15.7 Å². The number of anilines is 1. The molecule has 1 unspecified atom stereocenters. The Balaban J connectivity index is 2.35. The predicted octanol–water partition coefficient (Wildman–Crippen LogP) is 1.71. The summed E-state index contributed by atoms with van der Waals surface area (Å²) >= 11 is 0. The van der Waals surface area contributed by atoms with Crippen molar-refractivity contribution in [3.8, 4) is 0 Å². The van der Waals surface area contributed by atoms with E-state index < -0.39 is 0 Å². The molecule has 4 heteroatoms. The van der Waals surface area contributed by atoms with Crippen molar-refractivity contribution in [3.05, 3.63) is 29.8 Å². The average Bonchev–Trinajstić information content (AvgIpc) is 2.63. The Morgan fingerprint density at radius 2 is 2.11 bits per heavy atom. The zero-order valence-corrected chi connectivity index (χ0v) is 10.6. The molecule has 1 saturated heterocycles. The summed E-state index contributed by atoms with van der Waals surface area (Å²) in [6.45, 7) is 1.09. The second kappa shape index (κ2) is 5.87. The Bertz CT molecular complexity index is 419. The highest BCUT2D eigenvalue weighted by Gasteiger charge is 2.22. The van der Waals surface area contributed by atoms with Gasteiger partial charge in [-0.3, -0.25) is 5.41 Å². The van der Waals surface area contributed by atoms with E-state index in [1.807, 2.05) is 24.3 Å². The molecule has 1 aromatic carbocycles. The molecule has 0 amide bonds. The third-order valence-electron chi connectivity index (χ3n) is 3.59. The van der Waals surface area contributed by atoms with Gasteiger partial charge in [0, 0.05) is 17.8 Å². The van der Waals surface area contributed by atoms with Crippen LogP contribution in [0.4, 0.5) is 5.69 Å². The third-order valence-corrected chi connectivity index (χ3v) is 3.59. The lowest BCUT2D eigenvalue weighted by Gasteiger charge is -2.32. The molecule has 4 N–H and O–H groups in total. The van der Waals surface area contributed by atoms with Gasteiger partial charge in [-0.1, -0.05) is 25.0 Å². The van der Waals surface area contributed by atoms with E-state index in [4.69, 9.17) is 11.1 Å². The highest BCUT2D eigenvalue weighted by atomic mass is 16.3. The molecule has 0 radical (unpaired) electrons. The molecule has 1 aromatic rings. The number of benzene rings is 1. The fourth-order valence-electron chi connectivity index (χ4n) is 2.64. The van der Waals surface area contributed by atoms with Crippen molar-refractivity contribution >= 4 is 11.5 Å². The number of aliphatic hydroxyl groups excluding tert-OH is 1. The molecule has 98 valence electrons. The maximum absolute atomic E-state index is 9.55. The number of hydrogen-bond acceptors (Lipinski definition) is 3. The number of hydrogen-bond donors (Lipinski definition) is 3. The molecule has 0 spiro atoms. The van der Waals surface area contributed by atoms with Crippen LogP contribution in [0.5, 0.6) is 0 Å². The van der Waals surface area contributed by atoms with Crippen LogP contribution in [0.15, 0.2) is 24.3 Å². The molecule has 0 saturated carbocycles. The van der Waals surface area contributed by atoms with Crippen LogP contribution in [0.3, 0.4) is 0 Å². The van der Waals surface area contributed by atoms with Crippen LogP contribution >= 0.6 is 0 Å². The van der Waals surface area contributed by atoms with Crippen LogP contribution in [-0.4, -0.2) is 30.1 Å². The summed E-state index contributed by atoms with van der Waals surface area (Å²) < 4.78 is 0. The number of para-hydroxylation sites is 1. The summed E-state index contributed by atoms with van der Waals surface area (Å²) in [5.74, 6) is 0.0894. The smallest absolute Gasteiger partial charge is 0.124 e. The lowest BCUT2D eigenvalue weighted by Crippen LogP contribution is -2.38. The fourth-order valence-corrected chi connectivity index (χ4v) is 2.64. The van der Waals surface area contributed by atoms with Crippen LogP contribution in [0.1, 0.15) is 31.2 Å². The van der Waals surface area contributed by atoms with Gasteiger partial charge in [-0.15, -0.1) is 0 Å². The van der Waals surface area contributed by atoms with Gasteiger partial charge in [0.25, 0.3) is 0 Å². The first-order chi connectivity index (χ1) is 8.74. The van der Waals surface area contributed by atoms with Crippen LogP contribution in [0.2, 0.25) is 0 Å². The molecule has 1 fully saturated rings. The molecule has 1 heterocycles. The minimum Gasteiger partial charge on any atom is -0.394 e. The zero-order chi connectivity index (χ0) is 13.0. The first-order valence-electron chi connectivity index (χ1n) is 6.55. The van der Waals surface area contributed by atoms with Crippen molar-refractivity contribution in [1.29, 1.82) is 5.41 Å². The molecule has 4 nitrogen and oxygen atoms in total. The van der Waals surface area contributed by atoms with E-state index >= 15 is 0 Å². The quantitative estimate of drug-likeness (QED) is 0.562. The molecule has 1 aliphatic rings. The minimum atomic E-state index is 0.0894. The summed E-state index contributed by atoms with van der Waals surface area (Å²) in [7, 11) is 0. The number of nitrogen functional groups attached to an aromatic ring is 1. The first-order valence-corrected chi connectivity index (χ1v) is 6.55. The van der Waals surface area contributed by atoms with Gasteiger partial charge >= 0.3 is 0 Å². The minimum absolute atomic E-state index is 0.0894. The van der Waals surface area contributed by atoms with Crippen molar-refractivity contribution in [2.75, 3.05) is 18.1 Å². The van der Waals surface area contributed by atoms with Crippen LogP contribution < -0.4 is 10.6 Å². The van der Waals surface area contributed by atoms with E-state index in [9.17, 15) is 5.11 Å². The Morgan fingerprint density at radius 1 is 1.33 bits per heavy atom. The summed E-state index contributed by atoms with van der Waals surface area (Å²) in [5, 5.41) is 17.2. The van der Waals surface area contributed by atoms with Crippen molar-refractivity contribution < 1.29 is 5.11 Å². The van der Waals surface area contributed by atoms with Crippen molar-refractivity contribution in [2.24, 2.45) is 5.73 Å². The Labute approximate surface area is 108 Å². The van der Waals surface area contributed by atoms with Gasteiger partial charge in [0.15, 0.2) is 0 Å². The maximum Gasteiger partial charge on any atom is 0.124 e.